The molecule has 0 atom stereocenters. The summed E-state index contributed by atoms with van der Waals surface area (Å²) in [5.41, 5.74) is 7.52. The van der Waals surface area contributed by atoms with Crippen LogP contribution in [-0.4, -0.2) is 29.6 Å². The zero-order valence-electron chi connectivity index (χ0n) is 19.6. The Kier molecular flexibility index (Phi) is 5.08. The van der Waals surface area contributed by atoms with Crippen molar-refractivity contribution in [2.24, 2.45) is 7.05 Å². The Morgan fingerprint density at radius 1 is 1.06 bits per heavy atom. The van der Waals surface area contributed by atoms with Crippen LogP contribution in [0.15, 0.2) is 47.4 Å². The number of fused-ring (bicyclic) bond motifs is 1. The molecule has 2 aromatic heterocycles. The van der Waals surface area contributed by atoms with E-state index in [2.05, 4.69) is 45.3 Å². The molecule has 34 heavy (non-hydrogen) atoms. The van der Waals surface area contributed by atoms with Crippen molar-refractivity contribution in [2.45, 2.75) is 58.0 Å². The van der Waals surface area contributed by atoms with Gasteiger partial charge in [0.15, 0.2) is 0 Å². The van der Waals surface area contributed by atoms with Crippen molar-refractivity contribution in [3.63, 3.8) is 0 Å². The van der Waals surface area contributed by atoms with Crippen LogP contribution >= 0.6 is 0 Å². The third-order valence-corrected chi connectivity index (χ3v) is 6.99. The Balaban J connectivity index is 1.30. The van der Waals surface area contributed by atoms with Crippen LogP contribution in [0, 0.1) is 6.92 Å². The van der Waals surface area contributed by atoms with Crippen molar-refractivity contribution in [3.8, 4) is 17.1 Å². The number of benzene rings is 2. The van der Waals surface area contributed by atoms with Gasteiger partial charge in [0, 0.05) is 18.3 Å². The van der Waals surface area contributed by atoms with Crippen LogP contribution in [0.2, 0.25) is 0 Å². The second kappa shape index (κ2) is 8.27. The third kappa shape index (κ3) is 3.63. The summed E-state index contributed by atoms with van der Waals surface area (Å²) in [6.07, 6.45) is 8.99. The summed E-state index contributed by atoms with van der Waals surface area (Å²) in [7, 11) is 1.61. The van der Waals surface area contributed by atoms with E-state index in [-0.39, 0.29) is 5.69 Å². The average molecular weight is 457 g/mol. The van der Waals surface area contributed by atoms with Crippen LogP contribution in [0.1, 0.15) is 59.5 Å². The van der Waals surface area contributed by atoms with E-state index in [4.69, 9.17) is 4.74 Å². The van der Waals surface area contributed by atoms with E-state index >= 15 is 0 Å². The van der Waals surface area contributed by atoms with Crippen molar-refractivity contribution in [2.75, 3.05) is 0 Å². The monoisotopic (exact) mass is 456 g/mol. The number of rotatable bonds is 6. The van der Waals surface area contributed by atoms with Crippen molar-refractivity contribution in [1.82, 2.24) is 29.6 Å². The zero-order valence-corrected chi connectivity index (χ0v) is 19.6. The average Bonchev–Trinajstić information content (AvgIpc) is 3.53. The molecule has 0 amide bonds. The Morgan fingerprint density at radius 2 is 1.91 bits per heavy atom. The molecule has 0 unspecified atom stereocenters. The number of hydrogen-bond acceptors (Lipinski definition) is 5. The molecule has 2 heterocycles. The van der Waals surface area contributed by atoms with Crippen molar-refractivity contribution in [1.29, 1.82) is 0 Å². The molecule has 8 nitrogen and oxygen atoms in total. The smallest absolute Gasteiger partial charge is 0.368 e. The molecule has 4 aromatic rings. The summed E-state index contributed by atoms with van der Waals surface area (Å²) in [6, 6.07) is 12.3. The van der Waals surface area contributed by atoms with Crippen LogP contribution in [0.5, 0.6) is 5.75 Å². The third-order valence-electron chi connectivity index (χ3n) is 6.99. The molecule has 8 heteroatoms. The van der Waals surface area contributed by atoms with Gasteiger partial charge >= 0.3 is 5.69 Å². The zero-order chi connectivity index (χ0) is 23.2. The molecule has 174 valence electrons. The molecular weight excluding hydrogens is 428 g/mol. The first-order chi connectivity index (χ1) is 16.6. The van der Waals surface area contributed by atoms with Crippen LogP contribution in [-0.2, 0) is 26.5 Å². The Morgan fingerprint density at radius 3 is 2.68 bits per heavy atom. The molecule has 2 aliphatic carbocycles. The lowest BCUT2D eigenvalue weighted by atomic mass is 9.98. The summed E-state index contributed by atoms with van der Waals surface area (Å²) >= 11 is 0. The molecule has 0 saturated heterocycles. The van der Waals surface area contributed by atoms with E-state index < -0.39 is 0 Å². The molecule has 0 spiro atoms. The van der Waals surface area contributed by atoms with Gasteiger partial charge in [-0.25, -0.2) is 9.48 Å². The number of tetrazole rings is 1. The number of hydrogen-bond donors (Lipinski definition) is 0. The predicted molar refractivity (Wildman–Crippen MR) is 128 cm³/mol. The maximum absolute atomic E-state index is 12.6. The highest BCUT2D eigenvalue weighted by molar-refractivity contribution is 5.49. The second-order valence-corrected chi connectivity index (χ2v) is 9.39. The molecular formula is C26H28N6O2. The number of aromatic nitrogens is 6. The SMILES string of the molecule is Cc1cc(-n2ncc3c2CCCC3)ccc1OCc1c(C2CC2)cccc1-n1nnn(C)c1=O. The lowest BCUT2D eigenvalue weighted by Gasteiger charge is -2.17. The molecule has 0 radical (unpaired) electrons. The first kappa shape index (κ1) is 20.9. The van der Waals surface area contributed by atoms with Gasteiger partial charge in [0.1, 0.15) is 12.4 Å². The number of aryl methyl sites for hydroxylation is 3. The Hall–Kier alpha value is -3.68. The lowest BCUT2D eigenvalue weighted by molar-refractivity contribution is 0.302. The normalized spacial score (nSPS) is 15.4. The van der Waals surface area contributed by atoms with E-state index in [0.717, 1.165) is 53.9 Å². The van der Waals surface area contributed by atoms with Gasteiger partial charge in [-0.2, -0.15) is 14.5 Å². The van der Waals surface area contributed by atoms with Crippen LogP contribution in [0.4, 0.5) is 0 Å². The maximum atomic E-state index is 12.6. The summed E-state index contributed by atoms with van der Waals surface area (Å²) < 4.78 is 11.0. The molecule has 2 aromatic carbocycles. The first-order valence-corrected chi connectivity index (χ1v) is 12.0. The van der Waals surface area contributed by atoms with Crippen molar-refractivity contribution in [3.05, 3.63) is 81.0 Å². The van der Waals surface area contributed by atoms with Gasteiger partial charge < -0.3 is 4.74 Å². The minimum absolute atomic E-state index is 0.266. The molecule has 6 rings (SSSR count). The molecule has 0 N–H and O–H groups in total. The molecule has 1 saturated carbocycles. The molecule has 2 aliphatic rings. The first-order valence-electron chi connectivity index (χ1n) is 12.0. The molecule has 0 aliphatic heterocycles. The number of nitrogens with zero attached hydrogens (tertiary/aromatic N) is 6. The van der Waals surface area contributed by atoms with Gasteiger partial charge in [-0.1, -0.05) is 12.1 Å². The topological polar surface area (TPSA) is 79.8 Å². The lowest BCUT2D eigenvalue weighted by Crippen LogP contribution is -2.23. The van der Waals surface area contributed by atoms with Crippen LogP contribution in [0.25, 0.3) is 11.4 Å². The minimum atomic E-state index is -0.266. The predicted octanol–water partition coefficient (Wildman–Crippen LogP) is 3.80. The van der Waals surface area contributed by atoms with Gasteiger partial charge in [-0.3, -0.25) is 0 Å². The van der Waals surface area contributed by atoms with Crippen LogP contribution < -0.4 is 10.4 Å². The van der Waals surface area contributed by atoms with E-state index in [0.29, 0.717) is 12.5 Å². The van der Waals surface area contributed by atoms with Gasteiger partial charge in [-0.05, 0) is 103 Å². The summed E-state index contributed by atoms with van der Waals surface area (Å²) in [6.45, 7) is 2.43. The van der Waals surface area contributed by atoms with Crippen molar-refractivity contribution < 1.29 is 4.74 Å². The van der Waals surface area contributed by atoms with E-state index in [1.807, 2.05) is 24.4 Å². The maximum Gasteiger partial charge on any atom is 0.368 e. The molecule has 0 bridgehead atoms. The fraction of sp³-hybridized carbons (Fsp3) is 0.385. The summed E-state index contributed by atoms with van der Waals surface area (Å²) in [4.78, 5) is 12.6. The van der Waals surface area contributed by atoms with Gasteiger partial charge in [0.25, 0.3) is 0 Å². The highest BCUT2D eigenvalue weighted by atomic mass is 16.5. The summed E-state index contributed by atoms with van der Waals surface area (Å²) in [5.74, 6) is 1.34. The van der Waals surface area contributed by atoms with E-state index in [9.17, 15) is 4.79 Å². The quantitative estimate of drug-likeness (QED) is 0.441. The van der Waals surface area contributed by atoms with Crippen LogP contribution in [0.3, 0.4) is 0 Å². The van der Waals surface area contributed by atoms with Crippen molar-refractivity contribution >= 4 is 0 Å². The number of ether oxygens (including phenoxy) is 1. The second-order valence-electron chi connectivity index (χ2n) is 9.39. The fourth-order valence-corrected chi connectivity index (χ4v) is 4.98. The molecule has 1 fully saturated rings. The highest BCUT2D eigenvalue weighted by Gasteiger charge is 2.28. The Bertz CT molecular complexity index is 1430. The Labute approximate surface area is 197 Å². The minimum Gasteiger partial charge on any atom is -0.489 e. The van der Waals surface area contributed by atoms with Gasteiger partial charge in [0.2, 0.25) is 0 Å². The van der Waals surface area contributed by atoms with Gasteiger partial charge in [-0.15, -0.1) is 0 Å². The fourth-order valence-electron chi connectivity index (χ4n) is 4.98. The van der Waals surface area contributed by atoms with E-state index in [1.165, 1.54) is 39.0 Å². The standard InChI is InChI=1S/C26H28N6O2/c1-17-14-20(31-23-8-4-3-6-19(23)15-27-31)12-13-25(17)34-16-22-21(18-10-11-18)7-5-9-24(22)32-26(33)30(2)28-29-32/h5,7,9,12-15,18H,3-4,6,8,10-11,16H2,1-2H3. The highest BCUT2D eigenvalue weighted by Crippen LogP contribution is 2.43. The van der Waals surface area contributed by atoms with Gasteiger partial charge in [0.05, 0.1) is 17.6 Å². The summed E-state index contributed by atoms with van der Waals surface area (Å²) in [5, 5.41) is 12.6. The largest absolute Gasteiger partial charge is 0.489 e. The van der Waals surface area contributed by atoms with E-state index in [1.54, 1.807) is 7.05 Å².